The van der Waals surface area contributed by atoms with Crippen molar-refractivity contribution in [1.82, 2.24) is 9.97 Å². The molecule has 1 N–H and O–H groups in total. The molecule has 0 saturated carbocycles. The maximum absolute atomic E-state index is 12.2. The summed E-state index contributed by atoms with van der Waals surface area (Å²) in [5, 5.41) is 13.6. The molecule has 0 fully saturated rings. The number of aromatic nitrogens is 2. The van der Waals surface area contributed by atoms with Crippen LogP contribution in [-0.2, 0) is 24.9 Å². The summed E-state index contributed by atoms with van der Waals surface area (Å²) in [7, 11) is 0. The Labute approximate surface area is 323 Å². The normalized spacial score (nSPS) is 12.4. The molecule has 0 aliphatic heterocycles. The minimum atomic E-state index is -1.82. The summed E-state index contributed by atoms with van der Waals surface area (Å²) in [6, 6.07) is 23.5. The quantitative estimate of drug-likeness (QED) is 0.0498. The van der Waals surface area contributed by atoms with Crippen molar-refractivity contribution in [3.63, 3.8) is 0 Å². The zero-order chi connectivity index (χ0) is 37.0. The van der Waals surface area contributed by atoms with Crippen molar-refractivity contribution in [3.05, 3.63) is 102 Å². The molecule has 6 heteroatoms. The number of hydrogen-bond donors (Lipinski definition) is 1. The van der Waals surface area contributed by atoms with Crippen LogP contribution in [0.25, 0.3) is 44.1 Å². The Balaban J connectivity index is 0.000000335. The fourth-order valence-corrected chi connectivity index (χ4v) is 8.88. The van der Waals surface area contributed by atoms with Crippen LogP contribution >= 0.6 is 0 Å². The van der Waals surface area contributed by atoms with Crippen LogP contribution in [0.2, 0.25) is 17.3 Å². The average Bonchev–Trinajstić information content (AvgIpc) is 3.10. The summed E-state index contributed by atoms with van der Waals surface area (Å²) in [5.41, 5.74) is 8.49. The first-order chi connectivity index (χ1) is 23.5. The predicted octanol–water partition coefficient (Wildman–Crippen LogP) is 12.0. The smallest absolute Gasteiger partial charge is 0 e. The number of ketones is 1. The van der Waals surface area contributed by atoms with E-state index in [-0.39, 0.29) is 42.5 Å². The molecule has 3 aromatic carbocycles. The van der Waals surface area contributed by atoms with Gasteiger partial charge in [0, 0.05) is 37.0 Å². The second-order valence-electron chi connectivity index (χ2n) is 15.5. The first-order valence-electron chi connectivity index (χ1n) is 18.3. The summed E-state index contributed by atoms with van der Waals surface area (Å²) in [4.78, 5) is 21.8. The van der Waals surface area contributed by atoms with E-state index in [1.165, 1.54) is 43.5 Å². The number of pyridine rings is 2. The Bertz CT molecular complexity index is 2000. The summed E-state index contributed by atoms with van der Waals surface area (Å²) in [6.45, 7) is 18.5. The molecule has 2 aromatic heterocycles. The fourth-order valence-electron chi connectivity index (χ4n) is 6.44. The van der Waals surface area contributed by atoms with Gasteiger partial charge in [0.1, 0.15) is 5.76 Å². The van der Waals surface area contributed by atoms with E-state index < -0.39 is 13.3 Å². The maximum Gasteiger partial charge on any atom is 0 e. The Morgan fingerprint density at radius 1 is 0.804 bits per heavy atom. The fraction of sp³-hybridized carbons (Fsp3) is 0.400. The van der Waals surface area contributed by atoms with Gasteiger partial charge >= 0.3 is 156 Å². The molecule has 0 saturated heterocycles. The SMILES string of the molecule is CCC(C)(CC)C(=O)/C=C(\O)C(C)(CC)CC.Cc1[c-]c(-c2nccc3c2cnc2c(C)c(-c4cc[c]([Ge]([CH3])([CH3])[CH3])cc4)ccc23)cc(C)c1.[Ir]. The Kier molecular flexibility index (Phi) is 14.2. The zero-order valence-corrected chi connectivity index (χ0v) is 37.3. The van der Waals surface area contributed by atoms with Gasteiger partial charge in [-0.05, 0) is 25.7 Å². The number of fused-ring (bicyclic) bond motifs is 3. The van der Waals surface area contributed by atoms with Crippen molar-refractivity contribution >= 4 is 45.1 Å². The third-order valence-electron chi connectivity index (χ3n) is 11.1. The number of rotatable bonds is 10. The van der Waals surface area contributed by atoms with Gasteiger partial charge in [-0.2, -0.15) is 0 Å². The monoisotopic (exact) mass is 924 g/mol. The number of allylic oxidation sites excluding steroid dienone is 2. The molecule has 4 nitrogen and oxygen atoms in total. The molecule has 0 atom stereocenters. The third kappa shape index (κ3) is 9.28. The van der Waals surface area contributed by atoms with Gasteiger partial charge in [0.25, 0.3) is 0 Å². The standard InChI is InChI=1S/C30H29GeN2.C15H28O2.Ir/c1-19-15-20(2)17-23(16-19)30-28-18-33-29-21(3)25(11-12-27(29)26(28)13-14-32-30)22-7-9-24(10-8-22)31(4,5)6;1-7-14(5,8-2)12(16)11-13(17)15(6,9-3)10-4;/h7-16,18H,1-6H3;11,16H,7-10H2,1-6H3;/q-1;;/b;12-11-;. The van der Waals surface area contributed by atoms with E-state index in [0.717, 1.165) is 53.4 Å². The van der Waals surface area contributed by atoms with Gasteiger partial charge in [0.2, 0.25) is 0 Å². The van der Waals surface area contributed by atoms with Gasteiger partial charge < -0.3 is 5.11 Å². The topological polar surface area (TPSA) is 63.1 Å². The Morgan fingerprint density at radius 3 is 1.96 bits per heavy atom. The summed E-state index contributed by atoms with van der Waals surface area (Å²) in [5.74, 6) is 7.59. The molecule has 0 amide bonds. The molecule has 5 rings (SSSR count). The molecular formula is C45H57GeIrN2O2-. The van der Waals surface area contributed by atoms with Crippen molar-refractivity contribution < 1.29 is 30.0 Å². The van der Waals surface area contributed by atoms with E-state index in [1.807, 2.05) is 53.9 Å². The van der Waals surface area contributed by atoms with Crippen LogP contribution in [0.4, 0.5) is 0 Å². The summed E-state index contributed by atoms with van der Waals surface area (Å²) >= 11 is -1.82. The van der Waals surface area contributed by atoms with Crippen LogP contribution in [-0.4, -0.2) is 34.1 Å². The molecular weight excluding hydrogens is 865 g/mol. The molecule has 2 heterocycles. The maximum atomic E-state index is 12.2. The molecule has 51 heavy (non-hydrogen) atoms. The molecule has 0 unspecified atom stereocenters. The van der Waals surface area contributed by atoms with E-state index in [0.29, 0.717) is 0 Å². The number of benzene rings is 3. The van der Waals surface area contributed by atoms with Crippen LogP contribution < -0.4 is 4.40 Å². The van der Waals surface area contributed by atoms with Crippen LogP contribution in [0.1, 0.15) is 83.9 Å². The molecule has 0 bridgehead atoms. The Morgan fingerprint density at radius 2 is 1.41 bits per heavy atom. The number of hydrogen-bond acceptors (Lipinski definition) is 4. The van der Waals surface area contributed by atoms with Gasteiger partial charge in [-0.25, -0.2) is 0 Å². The van der Waals surface area contributed by atoms with Crippen molar-refractivity contribution in [2.45, 2.75) is 105 Å². The second-order valence-corrected chi connectivity index (χ2v) is 26.2. The van der Waals surface area contributed by atoms with Crippen LogP contribution in [0.3, 0.4) is 0 Å². The van der Waals surface area contributed by atoms with Crippen molar-refractivity contribution in [2.75, 3.05) is 0 Å². The molecule has 5 aromatic rings. The van der Waals surface area contributed by atoms with Gasteiger partial charge in [-0.3, -0.25) is 4.79 Å². The van der Waals surface area contributed by atoms with Gasteiger partial charge in [0.15, 0.2) is 5.78 Å². The van der Waals surface area contributed by atoms with Crippen LogP contribution in [0, 0.1) is 37.7 Å². The minimum absolute atomic E-state index is 0. The second kappa shape index (κ2) is 17.1. The molecule has 0 aliphatic rings. The third-order valence-corrected chi connectivity index (χ3v) is 15.4. The summed E-state index contributed by atoms with van der Waals surface area (Å²) < 4.78 is 1.53. The van der Waals surface area contributed by atoms with E-state index in [2.05, 4.69) is 98.7 Å². The van der Waals surface area contributed by atoms with Crippen LogP contribution in [0.5, 0.6) is 0 Å². The molecule has 0 aliphatic carbocycles. The first kappa shape index (κ1) is 42.3. The largest absolute Gasteiger partial charge is 0.140 e. The van der Waals surface area contributed by atoms with Crippen molar-refractivity contribution in [3.8, 4) is 22.4 Å². The molecule has 1 radical (unpaired) electrons. The minimum Gasteiger partial charge on any atom is -0.140 e. The van der Waals surface area contributed by atoms with E-state index in [4.69, 9.17) is 9.97 Å². The number of aryl methyl sites for hydroxylation is 3. The molecule has 0 spiro atoms. The zero-order valence-electron chi connectivity index (χ0n) is 32.8. The number of aliphatic hydroxyl groups excluding tert-OH is 1. The van der Waals surface area contributed by atoms with E-state index in [1.54, 1.807) is 0 Å². The number of carbonyl (C=O) groups is 1. The van der Waals surface area contributed by atoms with Crippen LogP contribution in [0.15, 0.2) is 78.8 Å². The summed E-state index contributed by atoms with van der Waals surface area (Å²) in [6.07, 6.45) is 8.64. The average molecular weight is 923 g/mol. The van der Waals surface area contributed by atoms with Crippen molar-refractivity contribution in [2.24, 2.45) is 10.8 Å². The first-order valence-corrected chi connectivity index (χ1v) is 25.6. The van der Waals surface area contributed by atoms with Gasteiger partial charge in [0.05, 0.1) is 0 Å². The van der Waals surface area contributed by atoms with Crippen molar-refractivity contribution in [1.29, 1.82) is 0 Å². The van der Waals surface area contributed by atoms with Gasteiger partial charge in [-0.15, -0.1) is 29.3 Å². The Hall–Kier alpha value is -3.12. The van der Waals surface area contributed by atoms with E-state index >= 15 is 0 Å². The van der Waals surface area contributed by atoms with Gasteiger partial charge in [-0.1, -0.05) is 55.4 Å². The molecule has 273 valence electrons. The number of carbonyl (C=O) groups excluding carboxylic acids is 1. The van der Waals surface area contributed by atoms with E-state index in [9.17, 15) is 9.90 Å². The number of aliphatic hydroxyl groups is 1. The number of nitrogens with zero attached hydrogens (tertiary/aromatic N) is 2. The predicted molar refractivity (Wildman–Crippen MR) is 217 cm³/mol.